The quantitative estimate of drug-likeness (QED) is 0.681. The molecule has 0 spiro atoms. The summed E-state index contributed by atoms with van der Waals surface area (Å²) in [6.45, 7) is 0.851. The van der Waals surface area contributed by atoms with Gasteiger partial charge >= 0.3 is 11.4 Å². The highest BCUT2D eigenvalue weighted by atomic mass is 16.5. The molecule has 0 N–H and O–H groups in total. The Morgan fingerprint density at radius 2 is 1.76 bits per heavy atom. The molecule has 0 saturated carbocycles. The van der Waals surface area contributed by atoms with E-state index in [-0.39, 0.29) is 24.0 Å². The van der Waals surface area contributed by atoms with Crippen LogP contribution in [0.25, 0.3) is 11.8 Å². The maximum Gasteiger partial charge on any atom is 0.352 e. The van der Waals surface area contributed by atoms with E-state index < -0.39 is 5.60 Å². The summed E-state index contributed by atoms with van der Waals surface area (Å²) in [6, 6.07) is 18.5. The summed E-state index contributed by atoms with van der Waals surface area (Å²) in [5.74, 6) is 0. The van der Waals surface area contributed by atoms with Gasteiger partial charge in [0.15, 0.2) is 0 Å². The maximum absolute atomic E-state index is 13.3. The van der Waals surface area contributed by atoms with Crippen LogP contribution in [-0.4, -0.2) is 39.9 Å². The zero-order valence-electron chi connectivity index (χ0n) is 16.0. The fourth-order valence-corrected chi connectivity index (χ4v) is 4.40. The van der Waals surface area contributed by atoms with E-state index in [0.717, 1.165) is 11.1 Å². The molecule has 29 heavy (non-hydrogen) atoms. The number of para-hydroxylation sites is 1. The highest BCUT2D eigenvalue weighted by Gasteiger charge is 2.52. The van der Waals surface area contributed by atoms with Gasteiger partial charge in [0.2, 0.25) is 0 Å². The smallest absolute Gasteiger partial charge is 0.352 e. The van der Waals surface area contributed by atoms with Crippen LogP contribution >= 0.6 is 0 Å². The molecule has 0 aliphatic carbocycles. The van der Waals surface area contributed by atoms with Crippen LogP contribution in [0.2, 0.25) is 0 Å². The van der Waals surface area contributed by atoms with Crippen molar-refractivity contribution in [3.05, 3.63) is 92.8 Å². The fourth-order valence-electron chi connectivity index (χ4n) is 4.40. The molecule has 5 rings (SSSR count). The van der Waals surface area contributed by atoms with Crippen LogP contribution in [-0.2, 0) is 16.0 Å². The van der Waals surface area contributed by atoms with Crippen LogP contribution in [0.5, 0.6) is 0 Å². The first-order valence-corrected chi connectivity index (χ1v) is 9.54. The van der Waals surface area contributed by atoms with E-state index in [2.05, 4.69) is 6.08 Å². The van der Waals surface area contributed by atoms with Crippen molar-refractivity contribution in [2.24, 2.45) is 0 Å². The second-order valence-electron chi connectivity index (χ2n) is 7.40. The number of hydrogen-bond donors (Lipinski definition) is 0. The lowest BCUT2D eigenvalue weighted by Gasteiger charge is -2.34. The van der Waals surface area contributed by atoms with Crippen LogP contribution < -0.4 is 11.4 Å². The molecule has 2 aromatic carbocycles. The maximum atomic E-state index is 13.3. The molecule has 0 radical (unpaired) electrons. The van der Waals surface area contributed by atoms with E-state index in [1.54, 1.807) is 19.2 Å². The van der Waals surface area contributed by atoms with Crippen molar-refractivity contribution < 1.29 is 9.47 Å². The molecule has 7 nitrogen and oxygen atoms in total. The van der Waals surface area contributed by atoms with Crippen molar-refractivity contribution in [3.8, 4) is 5.69 Å². The molecule has 1 aromatic heterocycles. The third kappa shape index (κ3) is 2.66. The van der Waals surface area contributed by atoms with E-state index in [1.807, 2.05) is 48.5 Å². The Hall–Kier alpha value is -3.16. The highest BCUT2D eigenvalue weighted by Crippen LogP contribution is 2.43. The molecule has 2 atom stereocenters. The summed E-state index contributed by atoms with van der Waals surface area (Å²) >= 11 is 0. The Kier molecular flexibility index (Phi) is 4.15. The van der Waals surface area contributed by atoms with Crippen molar-refractivity contribution in [3.63, 3.8) is 0 Å². The largest absolute Gasteiger partial charge is 0.381 e. The molecule has 0 unspecified atom stereocenters. The molecule has 0 amide bonds. The molecule has 1 fully saturated rings. The summed E-state index contributed by atoms with van der Waals surface area (Å²) in [6.07, 6.45) is 2.05. The lowest BCUT2D eigenvalue weighted by Crippen LogP contribution is -2.48. The average molecular weight is 391 g/mol. The lowest BCUT2D eigenvalue weighted by atomic mass is 9.88. The van der Waals surface area contributed by atoms with E-state index in [9.17, 15) is 9.59 Å². The first-order chi connectivity index (χ1) is 14.1. The van der Waals surface area contributed by atoms with Gasteiger partial charge in [-0.05, 0) is 23.3 Å². The van der Waals surface area contributed by atoms with Crippen molar-refractivity contribution in [1.29, 1.82) is 0 Å². The number of nitrogens with zero attached hydrogens (tertiary/aromatic N) is 3. The van der Waals surface area contributed by atoms with Crippen molar-refractivity contribution >= 4 is 6.08 Å². The molecule has 148 valence electrons. The fraction of sp³-hybridized carbons (Fsp3) is 0.273. The topological polar surface area (TPSA) is 67.4 Å². The minimum atomic E-state index is -0.769. The summed E-state index contributed by atoms with van der Waals surface area (Å²) in [4.78, 5) is 26.4. The lowest BCUT2D eigenvalue weighted by molar-refractivity contribution is -0.0424. The molecule has 2 aliphatic heterocycles. The number of hydrogen-bond acceptors (Lipinski definition) is 4. The van der Waals surface area contributed by atoms with Gasteiger partial charge in [-0.1, -0.05) is 54.6 Å². The molecule has 2 bridgehead atoms. The van der Waals surface area contributed by atoms with Gasteiger partial charge in [0.05, 0.1) is 25.4 Å². The van der Waals surface area contributed by atoms with Crippen LogP contribution in [0.15, 0.2) is 75.8 Å². The van der Waals surface area contributed by atoms with Gasteiger partial charge in [0, 0.05) is 7.11 Å². The van der Waals surface area contributed by atoms with Gasteiger partial charge in [-0.15, -0.1) is 0 Å². The number of fused-ring (bicyclic) bond motifs is 4. The van der Waals surface area contributed by atoms with Gasteiger partial charge in [0.25, 0.3) is 0 Å². The third-order valence-electron chi connectivity index (χ3n) is 5.68. The van der Waals surface area contributed by atoms with Gasteiger partial charge < -0.3 is 9.47 Å². The first kappa shape index (κ1) is 17.9. The van der Waals surface area contributed by atoms with Crippen LogP contribution in [0.4, 0.5) is 0 Å². The Morgan fingerprint density at radius 1 is 1.07 bits per heavy atom. The number of methoxy groups -OCH3 is 1. The van der Waals surface area contributed by atoms with Crippen molar-refractivity contribution in [2.45, 2.75) is 18.2 Å². The standard InChI is InChI=1S/C22H21N3O4/c1-28-15-22-14-23-20(26)24(17-10-6-3-7-11-17)21(27)25(23)19(13-29-22)18(22)12-16-8-4-2-5-9-16/h2-12,19H,13-15H2,1H3/b18-12+/t19-,22+/m0/s1. The summed E-state index contributed by atoms with van der Waals surface area (Å²) in [5.41, 5.74) is 1.04. The van der Waals surface area contributed by atoms with E-state index in [0.29, 0.717) is 18.9 Å². The summed E-state index contributed by atoms with van der Waals surface area (Å²) in [5, 5.41) is 0. The predicted molar refractivity (Wildman–Crippen MR) is 108 cm³/mol. The Bertz CT molecular complexity index is 1190. The minimum absolute atomic E-state index is 0.226. The van der Waals surface area contributed by atoms with Crippen LogP contribution in [0.1, 0.15) is 11.6 Å². The first-order valence-electron chi connectivity index (χ1n) is 9.54. The van der Waals surface area contributed by atoms with E-state index in [4.69, 9.17) is 9.47 Å². The summed E-state index contributed by atoms with van der Waals surface area (Å²) < 4.78 is 15.9. The van der Waals surface area contributed by atoms with Crippen LogP contribution in [0.3, 0.4) is 0 Å². The SMILES string of the molecule is COC[C@@]12Cn3c(=O)n(-c4ccccc4)c(=O)n3[C@@H](CO1)/C2=C\c1ccccc1. The summed E-state index contributed by atoms with van der Waals surface area (Å²) in [7, 11) is 1.62. The predicted octanol–water partition coefficient (Wildman–Crippen LogP) is 1.85. The van der Waals surface area contributed by atoms with Crippen LogP contribution in [0, 0.1) is 0 Å². The van der Waals surface area contributed by atoms with Gasteiger partial charge in [-0.25, -0.2) is 23.5 Å². The average Bonchev–Trinajstić information content (AvgIpc) is 3.11. The second-order valence-corrected chi connectivity index (χ2v) is 7.40. The zero-order valence-corrected chi connectivity index (χ0v) is 16.0. The second kappa shape index (κ2) is 6.72. The van der Waals surface area contributed by atoms with Crippen molar-refractivity contribution in [1.82, 2.24) is 13.9 Å². The third-order valence-corrected chi connectivity index (χ3v) is 5.68. The van der Waals surface area contributed by atoms with Gasteiger partial charge in [-0.2, -0.15) is 0 Å². The Balaban J connectivity index is 1.72. The Labute approximate surface area is 167 Å². The highest BCUT2D eigenvalue weighted by molar-refractivity contribution is 5.57. The molecule has 3 heterocycles. The molecule has 1 saturated heterocycles. The molecular weight excluding hydrogens is 370 g/mol. The molecule has 7 heteroatoms. The minimum Gasteiger partial charge on any atom is -0.381 e. The number of ether oxygens (including phenoxy) is 2. The van der Waals surface area contributed by atoms with Gasteiger partial charge in [-0.3, -0.25) is 0 Å². The Morgan fingerprint density at radius 3 is 2.45 bits per heavy atom. The normalized spacial score (nSPS) is 24.0. The number of rotatable bonds is 4. The van der Waals surface area contributed by atoms with Crippen molar-refractivity contribution in [2.75, 3.05) is 20.3 Å². The molecule has 3 aromatic rings. The zero-order chi connectivity index (χ0) is 20.0. The van der Waals surface area contributed by atoms with E-state index in [1.165, 1.54) is 13.9 Å². The van der Waals surface area contributed by atoms with E-state index >= 15 is 0 Å². The molecular formula is C22H21N3O4. The monoisotopic (exact) mass is 391 g/mol. The van der Waals surface area contributed by atoms with Gasteiger partial charge in [0.1, 0.15) is 11.6 Å². The number of benzene rings is 2. The molecule has 2 aliphatic rings. The number of aromatic nitrogens is 3.